The van der Waals surface area contributed by atoms with E-state index in [-0.39, 0.29) is 17.4 Å². The number of hydrogen-bond acceptors (Lipinski definition) is 5. The van der Waals surface area contributed by atoms with E-state index in [2.05, 4.69) is 10.2 Å². The Labute approximate surface area is 240 Å². The van der Waals surface area contributed by atoms with Crippen LogP contribution in [-0.4, -0.2) is 46.1 Å². The minimum atomic E-state index is -0.318. The topological polar surface area (TPSA) is 67.1 Å². The Balaban J connectivity index is 1.29. The molecule has 7 heteroatoms. The summed E-state index contributed by atoms with van der Waals surface area (Å²) in [7, 11) is 0. The SMILES string of the molecule is NC1CCC(CNc2nc(CCC34CCCN3CCC4)nc3c(F)c(-c4cccc5cccc(Cl)c45)ccc23)C1. The van der Waals surface area contributed by atoms with Gasteiger partial charge in [-0.05, 0) is 93.5 Å². The molecule has 1 aromatic heterocycles. The van der Waals surface area contributed by atoms with Crippen molar-refractivity contribution in [3.63, 3.8) is 0 Å². The van der Waals surface area contributed by atoms with Crippen molar-refractivity contribution in [1.82, 2.24) is 14.9 Å². The van der Waals surface area contributed by atoms with Gasteiger partial charge in [0.05, 0.1) is 0 Å². The molecule has 208 valence electrons. The maximum atomic E-state index is 16.5. The third-order valence-electron chi connectivity index (χ3n) is 9.76. The minimum absolute atomic E-state index is 0.270. The average molecular weight is 558 g/mol. The van der Waals surface area contributed by atoms with E-state index in [1.165, 1.54) is 38.8 Å². The van der Waals surface area contributed by atoms with Gasteiger partial charge in [-0.2, -0.15) is 0 Å². The van der Waals surface area contributed by atoms with E-state index in [0.29, 0.717) is 22.0 Å². The van der Waals surface area contributed by atoms with Gasteiger partial charge in [-0.3, -0.25) is 4.90 Å². The molecule has 2 saturated heterocycles. The van der Waals surface area contributed by atoms with Crippen LogP contribution in [0.15, 0.2) is 48.5 Å². The Morgan fingerprint density at radius 3 is 2.58 bits per heavy atom. The number of nitrogens with zero attached hydrogens (tertiary/aromatic N) is 3. The van der Waals surface area contributed by atoms with Crippen LogP contribution in [0.5, 0.6) is 0 Å². The van der Waals surface area contributed by atoms with Crippen molar-refractivity contribution < 1.29 is 4.39 Å². The molecule has 2 atom stereocenters. The van der Waals surface area contributed by atoms with Crippen LogP contribution in [0.1, 0.15) is 57.2 Å². The zero-order chi connectivity index (χ0) is 27.3. The maximum Gasteiger partial charge on any atom is 0.157 e. The Morgan fingerprint density at radius 1 is 1.00 bits per heavy atom. The highest BCUT2D eigenvalue weighted by atomic mass is 35.5. The predicted molar refractivity (Wildman–Crippen MR) is 162 cm³/mol. The minimum Gasteiger partial charge on any atom is -0.369 e. The summed E-state index contributed by atoms with van der Waals surface area (Å²) < 4.78 is 16.5. The molecular formula is C33H37ClFN5. The Morgan fingerprint density at radius 2 is 1.80 bits per heavy atom. The van der Waals surface area contributed by atoms with E-state index in [9.17, 15) is 0 Å². The zero-order valence-electron chi connectivity index (χ0n) is 22.9. The highest BCUT2D eigenvalue weighted by molar-refractivity contribution is 6.36. The van der Waals surface area contributed by atoms with Crippen molar-refractivity contribution in [3.8, 4) is 11.1 Å². The largest absolute Gasteiger partial charge is 0.369 e. The van der Waals surface area contributed by atoms with E-state index in [1.807, 2.05) is 48.5 Å². The van der Waals surface area contributed by atoms with E-state index in [1.54, 1.807) is 0 Å². The van der Waals surface area contributed by atoms with E-state index < -0.39 is 0 Å². The molecule has 2 unspecified atom stereocenters. The molecule has 3 aliphatic rings. The molecule has 0 radical (unpaired) electrons. The summed E-state index contributed by atoms with van der Waals surface area (Å²) in [5, 5.41) is 6.77. The zero-order valence-corrected chi connectivity index (χ0v) is 23.7. The van der Waals surface area contributed by atoms with Gasteiger partial charge in [0.2, 0.25) is 0 Å². The fourth-order valence-electron chi connectivity index (χ4n) is 7.70. The second-order valence-corrected chi connectivity index (χ2v) is 12.6. The van der Waals surface area contributed by atoms with Gasteiger partial charge in [0, 0.05) is 45.9 Å². The number of rotatable bonds is 7. The van der Waals surface area contributed by atoms with Crippen LogP contribution in [0.4, 0.5) is 10.2 Å². The van der Waals surface area contributed by atoms with Crippen molar-refractivity contribution in [2.45, 2.75) is 69.4 Å². The molecule has 7 rings (SSSR count). The summed E-state index contributed by atoms with van der Waals surface area (Å²) in [6.45, 7) is 3.18. The first-order valence-electron chi connectivity index (χ1n) is 14.9. The molecule has 40 heavy (non-hydrogen) atoms. The number of aromatic nitrogens is 2. The number of benzene rings is 3. The molecule has 3 aromatic carbocycles. The van der Waals surface area contributed by atoms with Crippen molar-refractivity contribution in [3.05, 3.63) is 65.2 Å². The fourth-order valence-corrected chi connectivity index (χ4v) is 7.98. The van der Waals surface area contributed by atoms with Gasteiger partial charge in [0.1, 0.15) is 17.2 Å². The highest BCUT2D eigenvalue weighted by Crippen LogP contribution is 2.42. The number of fused-ring (bicyclic) bond motifs is 3. The lowest BCUT2D eigenvalue weighted by Crippen LogP contribution is -2.38. The molecule has 5 nitrogen and oxygen atoms in total. The molecule has 0 bridgehead atoms. The summed E-state index contributed by atoms with van der Waals surface area (Å²) >= 11 is 6.62. The molecule has 0 amide bonds. The number of aryl methyl sites for hydroxylation is 1. The smallest absolute Gasteiger partial charge is 0.157 e. The lowest BCUT2D eigenvalue weighted by molar-refractivity contribution is 0.182. The number of halogens is 2. The van der Waals surface area contributed by atoms with E-state index in [4.69, 9.17) is 27.3 Å². The molecule has 2 aliphatic heterocycles. The molecule has 0 spiro atoms. The van der Waals surface area contributed by atoms with Crippen LogP contribution < -0.4 is 11.1 Å². The fraction of sp³-hybridized carbons (Fsp3) is 0.455. The number of nitrogens with two attached hydrogens (primary N) is 1. The van der Waals surface area contributed by atoms with Gasteiger partial charge < -0.3 is 11.1 Å². The molecular weight excluding hydrogens is 521 g/mol. The normalized spacial score (nSPS) is 22.4. The van der Waals surface area contributed by atoms with Gasteiger partial charge in [-0.25, -0.2) is 14.4 Å². The van der Waals surface area contributed by atoms with Crippen molar-refractivity contribution in [2.75, 3.05) is 25.0 Å². The first kappa shape index (κ1) is 26.1. The molecule has 3 fully saturated rings. The first-order chi connectivity index (χ1) is 19.5. The van der Waals surface area contributed by atoms with Gasteiger partial charge in [0.25, 0.3) is 0 Å². The summed E-state index contributed by atoms with van der Waals surface area (Å²) in [5.74, 6) is 1.64. The molecule has 3 N–H and O–H groups in total. The van der Waals surface area contributed by atoms with Crippen LogP contribution >= 0.6 is 11.6 Å². The second kappa shape index (κ2) is 10.6. The third-order valence-corrected chi connectivity index (χ3v) is 10.1. The van der Waals surface area contributed by atoms with E-state index >= 15 is 4.39 Å². The van der Waals surface area contributed by atoms with Crippen molar-refractivity contribution >= 4 is 39.1 Å². The number of anilines is 1. The first-order valence-corrected chi connectivity index (χ1v) is 15.3. The molecule has 1 aliphatic carbocycles. The summed E-state index contributed by atoms with van der Waals surface area (Å²) in [6, 6.07) is 15.8. The molecule has 4 aromatic rings. The molecule has 1 saturated carbocycles. The lowest BCUT2D eigenvalue weighted by atomic mass is 9.88. The van der Waals surface area contributed by atoms with Crippen LogP contribution in [0.25, 0.3) is 32.8 Å². The average Bonchev–Trinajstić information content (AvgIpc) is 3.67. The number of nitrogens with one attached hydrogen (secondary N) is 1. The third kappa shape index (κ3) is 4.64. The summed E-state index contributed by atoms with van der Waals surface area (Å²) in [5.41, 5.74) is 8.12. The summed E-state index contributed by atoms with van der Waals surface area (Å²) in [6.07, 6.45) is 9.98. The van der Waals surface area contributed by atoms with E-state index in [0.717, 1.165) is 72.0 Å². The Kier molecular flexibility index (Phi) is 6.89. The van der Waals surface area contributed by atoms with Crippen molar-refractivity contribution in [2.24, 2.45) is 11.7 Å². The van der Waals surface area contributed by atoms with Crippen molar-refractivity contribution in [1.29, 1.82) is 0 Å². The monoisotopic (exact) mass is 557 g/mol. The van der Waals surface area contributed by atoms with Crippen LogP contribution in [0.2, 0.25) is 5.02 Å². The second-order valence-electron chi connectivity index (χ2n) is 12.2. The maximum absolute atomic E-state index is 16.5. The van der Waals surface area contributed by atoms with Gasteiger partial charge in [0.15, 0.2) is 5.82 Å². The lowest BCUT2D eigenvalue weighted by Gasteiger charge is -2.32. The molecule has 3 heterocycles. The standard InChI is InChI=1S/C33H37ClFN5/c34-27-8-2-6-22-5-1-7-24(29(22)27)25-11-12-26-31(30(25)35)38-28(13-16-33-14-3-17-40(33)18-4-15-33)39-32(26)37-20-21-9-10-23(36)19-21/h1-2,5-8,11-12,21,23H,3-4,9-10,13-20,36H2,(H,37,38,39). The highest BCUT2D eigenvalue weighted by Gasteiger charge is 2.43. The van der Waals surface area contributed by atoms with Gasteiger partial charge in [-0.1, -0.05) is 48.0 Å². The predicted octanol–water partition coefficient (Wildman–Crippen LogP) is 7.34. The van der Waals surface area contributed by atoms with Gasteiger partial charge >= 0.3 is 0 Å². The van der Waals surface area contributed by atoms with Crippen LogP contribution in [0, 0.1) is 11.7 Å². The van der Waals surface area contributed by atoms with Crippen LogP contribution in [0.3, 0.4) is 0 Å². The Hall–Kier alpha value is -2.80. The number of hydrogen-bond donors (Lipinski definition) is 2. The quantitative estimate of drug-likeness (QED) is 0.249. The van der Waals surface area contributed by atoms with Crippen LogP contribution in [-0.2, 0) is 6.42 Å². The Bertz CT molecular complexity index is 1560. The van der Waals surface area contributed by atoms with Gasteiger partial charge in [-0.15, -0.1) is 0 Å². The summed E-state index contributed by atoms with van der Waals surface area (Å²) in [4.78, 5) is 12.6.